The molecule has 174 valence electrons. The fourth-order valence-corrected chi connectivity index (χ4v) is 3.79. The first-order chi connectivity index (χ1) is 15.2. The van der Waals surface area contributed by atoms with Gasteiger partial charge in [0.25, 0.3) is 0 Å². The van der Waals surface area contributed by atoms with Gasteiger partial charge in [0.2, 0.25) is 5.88 Å². The largest absolute Gasteiger partial charge is 0.495 e. The maximum atomic E-state index is 5.80. The third-order valence-corrected chi connectivity index (χ3v) is 5.68. The molecule has 0 radical (unpaired) electrons. The molecular weight excluding hydrogens is 517 g/mol. The highest BCUT2D eigenvalue weighted by Gasteiger charge is 2.25. The molecule has 1 unspecified atom stereocenters. The second kappa shape index (κ2) is 12.1. The topological polar surface area (TPSA) is 71.0 Å². The number of guanidine groups is 1. The molecule has 1 atom stereocenters. The lowest BCUT2D eigenvalue weighted by Crippen LogP contribution is -2.44. The van der Waals surface area contributed by atoms with Gasteiger partial charge in [0, 0.05) is 37.9 Å². The molecule has 0 amide bonds. The SMILES string of the molecule is CCNC(=NCc1ccnc(OCC2CC2)c1)NC1CCN(c2ccccc2OC)C1.I. The van der Waals surface area contributed by atoms with Crippen LogP contribution in [0.15, 0.2) is 47.6 Å². The monoisotopic (exact) mass is 551 g/mol. The van der Waals surface area contributed by atoms with Crippen molar-refractivity contribution in [2.45, 2.75) is 38.8 Å². The van der Waals surface area contributed by atoms with Crippen LogP contribution in [-0.2, 0) is 6.54 Å². The Morgan fingerprint density at radius 3 is 2.84 bits per heavy atom. The molecule has 1 saturated heterocycles. The number of nitrogens with zero attached hydrogens (tertiary/aromatic N) is 3. The maximum Gasteiger partial charge on any atom is 0.213 e. The number of halogens is 1. The zero-order chi connectivity index (χ0) is 21.5. The molecule has 2 aromatic rings. The number of nitrogens with one attached hydrogen (secondary N) is 2. The first-order valence-corrected chi connectivity index (χ1v) is 11.3. The van der Waals surface area contributed by atoms with Crippen molar-refractivity contribution in [3.05, 3.63) is 48.2 Å². The van der Waals surface area contributed by atoms with Crippen molar-refractivity contribution in [3.63, 3.8) is 0 Å². The number of benzene rings is 1. The van der Waals surface area contributed by atoms with Crippen LogP contribution in [0.1, 0.15) is 31.7 Å². The van der Waals surface area contributed by atoms with Crippen LogP contribution in [0.5, 0.6) is 11.6 Å². The number of pyridine rings is 1. The normalized spacial score (nSPS) is 18.1. The highest BCUT2D eigenvalue weighted by molar-refractivity contribution is 14.0. The molecule has 2 N–H and O–H groups in total. The minimum Gasteiger partial charge on any atom is -0.495 e. The summed E-state index contributed by atoms with van der Waals surface area (Å²) in [6.45, 7) is 6.17. The van der Waals surface area contributed by atoms with E-state index in [1.807, 2.05) is 24.3 Å². The minimum absolute atomic E-state index is 0. The van der Waals surface area contributed by atoms with E-state index in [0.29, 0.717) is 18.5 Å². The van der Waals surface area contributed by atoms with Gasteiger partial charge in [0.05, 0.1) is 25.9 Å². The number of methoxy groups -OCH3 is 1. The van der Waals surface area contributed by atoms with Crippen molar-refractivity contribution in [1.82, 2.24) is 15.6 Å². The molecule has 8 heteroatoms. The van der Waals surface area contributed by atoms with Gasteiger partial charge in [-0.25, -0.2) is 9.98 Å². The molecule has 2 heterocycles. The summed E-state index contributed by atoms with van der Waals surface area (Å²) in [4.78, 5) is 11.5. The van der Waals surface area contributed by atoms with Gasteiger partial charge in [0.1, 0.15) is 5.75 Å². The van der Waals surface area contributed by atoms with Crippen LogP contribution in [0.2, 0.25) is 0 Å². The highest BCUT2D eigenvalue weighted by atomic mass is 127. The number of hydrogen-bond donors (Lipinski definition) is 2. The van der Waals surface area contributed by atoms with E-state index in [4.69, 9.17) is 14.5 Å². The van der Waals surface area contributed by atoms with Crippen molar-refractivity contribution >= 4 is 35.6 Å². The molecule has 1 saturated carbocycles. The Balaban J connectivity index is 0.00000289. The number of aromatic nitrogens is 1. The molecule has 1 aromatic carbocycles. The average Bonchev–Trinajstić information content (AvgIpc) is 3.53. The Morgan fingerprint density at radius 1 is 1.22 bits per heavy atom. The number of para-hydroxylation sites is 2. The highest BCUT2D eigenvalue weighted by Crippen LogP contribution is 2.30. The Morgan fingerprint density at radius 2 is 2.06 bits per heavy atom. The summed E-state index contributed by atoms with van der Waals surface area (Å²) in [7, 11) is 1.72. The van der Waals surface area contributed by atoms with Crippen molar-refractivity contribution in [2.75, 3.05) is 38.3 Å². The summed E-state index contributed by atoms with van der Waals surface area (Å²) in [6, 6.07) is 12.5. The van der Waals surface area contributed by atoms with E-state index in [-0.39, 0.29) is 24.0 Å². The van der Waals surface area contributed by atoms with Crippen LogP contribution in [0.3, 0.4) is 0 Å². The average molecular weight is 551 g/mol. The van der Waals surface area contributed by atoms with E-state index in [2.05, 4.69) is 39.6 Å². The fraction of sp³-hybridized carbons (Fsp3) is 0.500. The lowest BCUT2D eigenvalue weighted by Gasteiger charge is -2.22. The first kappa shape index (κ1) is 24.4. The van der Waals surface area contributed by atoms with Crippen LogP contribution in [0.25, 0.3) is 0 Å². The van der Waals surface area contributed by atoms with Crippen molar-refractivity contribution in [3.8, 4) is 11.6 Å². The summed E-state index contributed by atoms with van der Waals surface area (Å²) in [5, 5.41) is 6.97. The molecule has 7 nitrogen and oxygen atoms in total. The summed E-state index contributed by atoms with van der Waals surface area (Å²) in [5.41, 5.74) is 2.24. The number of rotatable bonds is 9. The summed E-state index contributed by atoms with van der Waals surface area (Å²) >= 11 is 0. The molecular formula is C24H34IN5O2. The van der Waals surface area contributed by atoms with E-state index < -0.39 is 0 Å². The van der Waals surface area contributed by atoms with E-state index in [1.165, 1.54) is 12.8 Å². The van der Waals surface area contributed by atoms with Gasteiger partial charge in [-0.1, -0.05) is 12.1 Å². The summed E-state index contributed by atoms with van der Waals surface area (Å²) in [5.74, 6) is 3.17. The van der Waals surface area contributed by atoms with Gasteiger partial charge in [-0.15, -0.1) is 24.0 Å². The van der Waals surface area contributed by atoms with Crippen LogP contribution in [0.4, 0.5) is 5.69 Å². The van der Waals surface area contributed by atoms with Gasteiger partial charge >= 0.3 is 0 Å². The van der Waals surface area contributed by atoms with Gasteiger partial charge in [0.15, 0.2) is 5.96 Å². The van der Waals surface area contributed by atoms with E-state index in [9.17, 15) is 0 Å². The van der Waals surface area contributed by atoms with Gasteiger partial charge in [-0.05, 0) is 55.9 Å². The molecule has 1 aromatic heterocycles. The second-order valence-electron chi connectivity index (χ2n) is 8.20. The quantitative estimate of drug-likeness (QED) is 0.281. The third kappa shape index (κ3) is 6.88. The van der Waals surface area contributed by atoms with E-state index >= 15 is 0 Å². The van der Waals surface area contributed by atoms with E-state index in [1.54, 1.807) is 13.3 Å². The van der Waals surface area contributed by atoms with Crippen molar-refractivity contribution < 1.29 is 9.47 Å². The Kier molecular flexibility index (Phi) is 9.25. The fourth-order valence-electron chi connectivity index (χ4n) is 3.79. The smallest absolute Gasteiger partial charge is 0.213 e. The number of ether oxygens (including phenoxy) is 2. The van der Waals surface area contributed by atoms with Gasteiger partial charge in [-0.2, -0.15) is 0 Å². The van der Waals surface area contributed by atoms with Crippen molar-refractivity contribution in [2.24, 2.45) is 10.9 Å². The Hall–Kier alpha value is -2.23. The number of anilines is 1. The van der Waals surface area contributed by atoms with Gasteiger partial charge < -0.3 is 25.0 Å². The Labute approximate surface area is 208 Å². The lowest BCUT2D eigenvalue weighted by molar-refractivity contribution is 0.288. The minimum atomic E-state index is 0. The van der Waals surface area contributed by atoms with Gasteiger partial charge in [-0.3, -0.25) is 0 Å². The van der Waals surface area contributed by atoms with Crippen LogP contribution in [0, 0.1) is 5.92 Å². The molecule has 0 spiro atoms. The number of hydrogen-bond acceptors (Lipinski definition) is 5. The lowest BCUT2D eigenvalue weighted by atomic mass is 10.2. The zero-order valence-corrected chi connectivity index (χ0v) is 21.2. The zero-order valence-electron chi connectivity index (χ0n) is 18.9. The van der Waals surface area contributed by atoms with Crippen LogP contribution < -0.4 is 25.0 Å². The molecule has 0 bridgehead atoms. The Bertz CT molecular complexity index is 890. The second-order valence-corrected chi connectivity index (χ2v) is 8.20. The first-order valence-electron chi connectivity index (χ1n) is 11.3. The summed E-state index contributed by atoms with van der Waals surface area (Å²) in [6.07, 6.45) is 5.40. The molecule has 4 rings (SSSR count). The standard InChI is InChI=1S/C24H33N5O2.HI/c1-3-25-24(27-15-19-10-12-26-23(14-19)31-17-18-8-9-18)28-20-11-13-29(16-20)21-6-4-5-7-22(21)30-2;/h4-7,10,12,14,18,20H,3,8-9,11,13,15-17H2,1-2H3,(H2,25,27,28);1H. The van der Waals surface area contributed by atoms with Crippen molar-refractivity contribution in [1.29, 1.82) is 0 Å². The molecule has 2 fully saturated rings. The maximum absolute atomic E-state index is 5.80. The molecule has 32 heavy (non-hydrogen) atoms. The number of aliphatic imine (C=N–C) groups is 1. The predicted octanol–water partition coefficient (Wildman–Crippen LogP) is 3.83. The molecule has 1 aliphatic carbocycles. The third-order valence-electron chi connectivity index (χ3n) is 5.68. The summed E-state index contributed by atoms with van der Waals surface area (Å²) < 4.78 is 11.3. The molecule has 2 aliphatic rings. The predicted molar refractivity (Wildman–Crippen MR) is 139 cm³/mol. The van der Waals surface area contributed by atoms with Crippen LogP contribution in [-0.4, -0.2) is 50.3 Å². The molecule has 1 aliphatic heterocycles. The van der Waals surface area contributed by atoms with E-state index in [0.717, 1.165) is 61.5 Å². The van der Waals surface area contributed by atoms with Crippen LogP contribution >= 0.6 is 24.0 Å².